The van der Waals surface area contributed by atoms with Crippen molar-refractivity contribution >= 4 is 45.7 Å². The average molecular weight is 536 g/mol. The highest BCUT2D eigenvalue weighted by Crippen LogP contribution is 2.37. The molecule has 0 unspecified atom stereocenters. The molecule has 8 nitrogen and oxygen atoms in total. The van der Waals surface area contributed by atoms with Crippen LogP contribution in [0.5, 0.6) is 0 Å². The van der Waals surface area contributed by atoms with Crippen molar-refractivity contribution in [2.24, 2.45) is 0 Å². The number of nitrogens with one attached hydrogen (secondary N) is 1. The third-order valence-corrected chi connectivity index (χ3v) is 6.91. The quantitative estimate of drug-likeness (QED) is 0.358. The van der Waals surface area contributed by atoms with Gasteiger partial charge in [0.25, 0.3) is 0 Å². The number of nitrogens with zero attached hydrogens (tertiary/aromatic N) is 4. The predicted molar refractivity (Wildman–Crippen MR) is 149 cm³/mol. The van der Waals surface area contributed by atoms with Crippen LogP contribution in [0.1, 0.15) is 24.2 Å². The van der Waals surface area contributed by atoms with Crippen LogP contribution in [0.2, 0.25) is 5.02 Å². The van der Waals surface area contributed by atoms with Gasteiger partial charge in [0.2, 0.25) is 5.43 Å². The molecule has 2 aromatic carbocycles. The Balaban J connectivity index is 1.60. The normalized spacial score (nSPS) is 13.8. The molecule has 0 bridgehead atoms. The summed E-state index contributed by atoms with van der Waals surface area (Å²) in [7, 11) is 0. The molecule has 1 aliphatic heterocycles. The van der Waals surface area contributed by atoms with Crippen molar-refractivity contribution in [2.75, 3.05) is 41.3 Å². The van der Waals surface area contributed by atoms with Crippen LogP contribution in [0.4, 0.5) is 21.6 Å². The van der Waals surface area contributed by atoms with Crippen LogP contribution in [0.15, 0.2) is 65.7 Å². The average Bonchev–Trinajstić information content (AvgIpc) is 2.90. The third-order valence-electron chi connectivity index (χ3n) is 6.56. The monoisotopic (exact) mass is 535 g/mol. The Hall–Kier alpha value is -4.11. The van der Waals surface area contributed by atoms with Gasteiger partial charge in [-0.15, -0.1) is 0 Å². The van der Waals surface area contributed by atoms with Crippen LogP contribution in [0.3, 0.4) is 0 Å². The number of fused-ring (bicyclic) bond motifs is 1. The standard InChI is InChI=1S/C28H27ClFN5O3/c1-17(2)32-18-6-8-19(9-7-18)35-16-21(28(37)38)27(36)20-15-22(30)26(24(29)25(20)35)34-13-11-33(12-14-34)23-5-3-4-10-31-23/h3-10,15-17,32H,11-14H2,1-2H3,(H,37,38). The summed E-state index contributed by atoms with van der Waals surface area (Å²) in [6, 6.07) is 14.3. The van der Waals surface area contributed by atoms with Gasteiger partial charge in [0.05, 0.1) is 21.6 Å². The van der Waals surface area contributed by atoms with Crippen molar-refractivity contribution in [1.82, 2.24) is 9.55 Å². The van der Waals surface area contributed by atoms with Gasteiger partial charge in [-0.3, -0.25) is 4.79 Å². The molecule has 2 N–H and O–H groups in total. The molecular weight excluding hydrogens is 509 g/mol. The first kappa shape index (κ1) is 25.5. The number of piperazine rings is 1. The van der Waals surface area contributed by atoms with E-state index in [1.54, 1.807) is 22.9 Å². The van der Waals surface area contributed by atoms with E-state index in [4.69, 9.17) is 11.6 Å². The number of pyridine rings is 2. The zero-order valence-electron chi connectivity index (χ0n) is 21.0. The van der Waals surface area contributed by atoms with E-state index in [9.17, 15) is 14.7 Å². The van der Waals surface area contributed by atoms with Crippen LogP contribution in [-0.4, -0.2) is 52.8 Å². The van der Waals surface area contributed by atoms with E-state index in [2.05, 4.69) is 15.2 Å². The second-order valence-electron chi connectivity index (χ2n) is 9.47. The Morgan fingerprint density at radius 1 is 1.08 bits per heavy atom. The molecule has 0 aliphatic carbocycles. The largest absolute Gasteiger partial charge is 0.477 e. The molecule has 3 heterocycles. The summed E-state index contributed by atoms with van der Waals surface area (Å²) < 4.78 is 17.1. The summed E-state index contributed by atoms with van der Waals surface area (Å²) in [5.74, 6) is -1.21. The Kier molecular flexibility index (Phi) is 6.94. The first-order chi connectivity index (χ1) is 18.2. The molecule has 0 spiro atoms. The van der Waals surface area contributed by atoms with E-state index in [0.29, 0.717) is 31.9 Å². The smallest absolute Gasteiger partial charge is 0.341 e. The van der Waals surface area contributed by atoms with Crippen LogP contribution < -0.4 is 20.5 Å². The fourth-order valence-corrected chi connectivity index (χ4v) is 5.20. The number of rotatable bonds is 6. The number of aromatic nitrogens is 2. The first-order valence-corrected chi connectivity index (χ1v) is 12.7. The summed E-state index contributed by atoms with van der Waals surface area (Å²) in [4.78, 5) is 33.3. The van der Waals surface area contributed by atoms with Gasteiger partial charge in [0.1, 0.15) is 17.2 Å². The molecule has 4 aromatic rings. The van der Waals surface area contributed by atoms with Gasteiger partial charge < -0.3 is 24.8 Å². The number of carbonyl (C=O) groups is 1. The molecule has 1 saturated heterocycles. The molecule has 0 radical (unpaired) electrons. The highest BCUT2D eigenvalue weighted by atomic mass is 35.5. The van der Waals surface area contributed by atoms with Crippen molar-refractivity contribution in [1.29, 1.82) is 0 Å². The summed E-state index contributed by atoms with van der Waals surface area (Å²) >= 11 is 6.87. The lowest BCUT2D eigenvalue weighted by Gasteiger charge is -2.37. The van der Waals surface area contributed by atoms with Gasteiger partial charge in [-0.1, -0.05) is 17.7 Å². The Morgan fingerprint density at radius 3 is 2.37 bits per heavy atom. The molecule has 0 saturated carbocycles. The van der Waals surface area contributed by atoms with E-state index < -0.39 is 22.8 Å². The SMILES string of the molecule is CC(C)Nc1ccc(-n2cc(C(=O)O)c(=O)c3cc(F)c(N4CCN(c5ccccn5)CC4)c(Cl)c32)cc1. The second kappa shape index (κ2) is 10.3. The van der Waals surface area contributed by atoms with Gasteiger partial charge in [0, 0.05) is 56.0 Å². The molecule has 0 amide bonds. The Morgan fingerprint density at radius 2 is 1.76 bits per heavy atom. The molecule has 196 valence electrons. The number of benzene rings is 2. The maximum Gasteiger partial charge on any atom is 0.341 e. The summed E-state index contributed by atoms with van der Waals surface area (Å²) in [6.07, 6.45) is 2.99. The lowest BCUT2D eigenvalue weighted by atomic mass is 10.1. The number of aromatic carboxylic acids is 1. The van der Waals surface area contributed by atoms with Gasteiger partial charge in [-0.2, -0.15) is 0 Å². The molecule has 5 rings (SSSR count). The van der Waals surface area contributed by atoms with E-state index in [0.717, 1.165) is 17.6 Å². The lowest BCUT2D eigenvalue weighted by Crippen LogP contribution is -2.47. The van der Waals surface area contributed by atoms with Gasteiger partial charge >= 0.3 is 5.97 Å². The van der Waals surface area contributed by atoms with Crippen molar-refractivity contribution in [3.8, 4) is 5.69 Å². The fourth-order valence-electron chi connectivity index (χ4n) is 4.80. The highest BCUT2D eigenvalue weighted by molar-refractivity contribution is 6.38. The minimum absolute atomic E-state index is 0.0599. The van der Waals surface area contributed by atoms with Gasteiger partial charge in [-0.25, -0.2) is 14.2 Å². The molecule has 1 aliphatic rings. The summed E-state index contributed by atoms with van der Waals surface area (Å²) in [6.45, 7) is 6.25. The molecule has 38 heavy (non-hydrogen) atoms. The van der Waals surface area contributed by atoms with E-state index in [1.807, 2.05) is 49.1 Å². The number of halogens is 2. The number of hydrogen-bond donors (Lipinski definition) is 2. The Bertz CT molecular complexity index is 1550. The number of carboxylic acids is 1. The molecule has 1 fully saturated rings. The molecular formula is C28H27ClFN5O3. The van der Waals surface area contributed by atoms with Gasteiger partial charge in [0.15, 0.2) is 0 Å². The fraction of sp³-hybridized carbons (Fsp3) is 0.250. The minimum Gasteiger partial charge on any atom is -0.477 e. The molecule has 10 heteroatoms. The lowest BCUT2D eigenvalue weighted by molar-refractivity contribution is 0.0695. The third kappa shape index (κ3) is 4.77. The van der Waals surface area contributed by atoms with Crippen LogP contribution in [0, 0.1) is 5.82 Å². The minimum atomic E-state index is -1.39. The van der Waals surface area contributed by atoms with Crippen molar-refractivity contribution in [3.05, 3.63) is 87.6 Å². The summed E-state index contributed by atoms with van der Waals surface area (Å²) in [5.41, 5.74) is 0.676. The maximum atomic E-state index is 15.6. The van der Waals surface area contributed by atoms with Crippen molar-refractivity contribution in [3.63, 3.8) is 0 Å². The number of anilines is 3. The Labute approximate surface area is 223 Å². The topological polar surface area (TPSA) is 90.7 Å². The van der Waals surface area contributed by atoms with Crippen LogP contribution in [-0.2, 0) is 0 Å². The van der Waals surface area contributed by atoms with Gasteiger partial charge in [-0.05, 0) is 56.3 Å². The zero-order chi connectivity index (χ0) is 27.0. The van der Waals surface area contributed by atoms with E-state index in [-0.39, 0.29) is 27.7 Å². The molecule has 2 aromatic heterocycles. The van der Waals surface area contributed by atoms with E-state index in [1.165, 1.54) is 6.20 Å². The number of hydrogen-bond acceptors (Lipinski definition) is 6. The second-order valence-corrected chi connectivity index (χ2v) is 9.85. The summed E-state index contributed by atoms with van der Waals surface area (Å²) in [5, 5.41) is 13.0. The van der Waals surface area contributed by atoms with E-state index >= 15 is 4.39 Å². The van der Waals surface area contributed by atoms with Crippen LogP contribution in [0.25, 0.3) is 16.6 Å². The highest BCUT2D eigenvalue weighted by Gasteiger charge is 2.27. The van der Waals surface area contributed by atoms with Crippen molar-refractivity contribution < 1.29 is 14.3 Å². The van der Waals surface area contributed by atoms with Crippen molar-refractivity contribution in [2.45, 2.75) is 19.9 Å². The predicted octanol–water partition coefficient (Wildman–Crippen LogP) is 5.02. The number of carboxylic acid groups (broad SMARTS) is 1. The molecule has 0 atom stereocenters. The maximum absolute atomic E-state index is 15.6. The van der Waals surface area contributed by atoms with Crippen LogP contribution >= 0.6 is 11.6 Å². The first-order valence-electron chi connectivity index (χ1n) is 12.3. The zero-order valence-corrected chi connectivity index (χ0v) is 21.7.